The Bertz CT molecular complexity index is 430. The number of nitrogens with zero attached hydrogens (tertiary/aromatic N) is 1. The summed E-state index contributed by atoms with van der Waals surface area (Å²) in [6.45, 7) is 4.09. The van der Waals surface area contributed by atoms with E-state index < -0.39 is 0 Å². The minimum Gasteiger partial charge on any atom is -0.329 e. The molecule has 2 rings (SSSR count). The third-order valence-electron chi connectivity index (χ3n) is 3.95. The zero-order valence-electron chi connectivity index (χ0n) is 12.3. The molecule has 1 aromatic rings. The minimum absolute atomic E-state index is 0.0502. The van der Waals surface area contributed by atoms with E-state index in [-0.39, 0.29) is 5.91 Å². The molecule has 1 amide bonds. The standard InChI is InChI=1S/C16H25N3O/c1-13-6-8-14(9-7-13)18-16(20)12-19-10-4-2-3-5-15(19)11-17/h6-9,15H,2-5,10-12,17H2,1H3,(H,18,20). The highest BCUT2D eigenvalue weighted by Gasteiger charge is 2.21. The maximum Gasteiger partial charge on any atom is 0.238 e. The van der Waals surface area contributed by atoms with Gasteiger partial charge in [-0.1, -0.05) is 30.5 Å². The Morgan fingerprint density at radius 1 is 1.30 bits per heavy atom. The quantitative estimate of drug-likeness (QED) is 0.885. The van der Waals surface area contributed by atoms with Crippen LogP contribution >= 0.6 is 0 Å². The molecular formula is C16H25N3O. The van der Waals surface area contributed by atoms with Crippen LogP contribution in [0, 0.1) is 6.92 Å². The first-order valence-corrected chi connectivity index (χ1v) is 7.49. The molecule has 0 spiro atoms. The number of carbonyl (C=O) groups excluding carboxylic acids is 1. The van der Waals surface area contributed by atoms with Gasteiger partial charge in [-0.15, -0.1) is 0 Å². The molecule has 1 atom stereocenters. The van der Waals surface area contributed by atoms with Crippen molar-refractivity contribution in [2.75, 3.05) is 25.0 Å². The van der Waals surface area contributed by atoms with Gasteiger partial charge in [-0.25, -0.2) is 0 Å². The minimum atomic E-state index is 0.0502. The number of nitrogens with two attached hydrogens (primary N) is 1. The second kappa shape index (κ2) is 7.41. The SMILES string of the molecule is Cc1ccc(NC(=O)CN2CCCCCC2CN)cc1. The van der Waals surface area contributed by atoms with E-state index >= 15 is 0 Å². The highest BCUT2D eigenvalue weighted by Crippen LogP contribution is 2.16. The second-order valence-corrected chi connectivity index (χ2v) is 5.62. The van der Waals surface area contributed by atoms with Crippen LogP contribution in [0.1, 0.15) is 31.2 Å². The Hall–Kier alpha value is -1.39. The Kier molecular flexibility index (Phi) is 5.56. The molecule has 0 aromatic heterocycles. The molecule has 0 bridgehead atoms. The fourth-order valence-electron chi connectivity index (χ4n) is 2.73. The lowest BCUT2D eigenvalue weighted by Gasteiger charge is -2.28. The first-order chi connectivity index (χ1) is 9.69. The van der Waals surface area contributed by atoms with Crippen molar-refractivity contribution in [2.24, 2.45) is 5.73 Å². The zero-order valence-corrected chi connectivity index (χ0v) is 12.3. The smallest absolute Gasteiger partial charge is 0.238 e. The monoisotopic (exact) mass is 275 g/mol. The van der Waals surface area contributed by atoms with E-state index in [9.17, 15) is 4.79 Å². The number of amides is 1. The molecule has 4 nitrogen and oxygen atoms in total. The first kappa shape index (κ1) is 15.0. The maximum atomic E-state index is 12.1. The highest BCUT2D eigenvalue weighted by atomic mass is 16.2. The van der Waals surface area contributed by atoms with Gasteiger partial charge in [-0.2, -0.15) is 0 Å². The number of benzene rings is 1. The third kappa shape index (κ3) is 4.32. The van der Waals surface area contributed by atoms with Crippen molar-refractivity contribution in [2.45, 2.75) is 38.6 Å². The van der Waals surface area contributed by atoms with E-state index in [1.165, 1.54) is 18.4 Å². The molecule has 110 valence electrons. The average molecular weight is 275 g/mol. The van der Waals surface area contributed by atoms with Crippen molar-refractivity contribution < 1.29 is 4.79 Å². The summed E-state index contributed by atoms with van der Waals surface area (Å²) in [6, 6.07) is 8.24. The number of hydrogen-bond donors (Lipinski definition) is 2. The van der Waals surface area contributed by atoms with E-state index in [1.54, 1.807) is 0 Å². The van der Waals surface area contributed by atoms with Crippen molar-refractivity contribution in [1.82, 2.24) is 4.90 Å². The maximum absolute atomic E-state index is 12.1. The van der Waals surface area contributed by atoms with Crippen LogP contribution in [0.4, 0.5) is 5.69 Å². The van der Waals surface area contributed by atoms with Gasteiger partial charge in [0.1, 0.15) is 0 Å². The Morgan fingerprint density at radius 2 is 2.05 bits per heavy atom. The van der Waals surface area contributed by atoms with Gasteiger partial charge in [-0.05, 0) is 38.4 Å². The summed E-state index contributed by atoms with van der Waals surface area (Å²) in [7, 11) is 0. The highest BCUT2D eigenvalue weighted by molar-refractivity contribution is 5.92. The van der Waals surface area contributed by atoms with Crippen molar-refractivity contribution in [3.63, 3.8) is 0 Å². The van der Waals surface area contributed by atoms with Crippen molar-refractivity contribution in [1.29, 1.82) is 0 Å². The Balaban J connectivity index is 1.90. The number of aryl methyl sites for hydroxylation is 1. The van der Waals surface area contributed by atoms with Crippen LogP contribution in [0.2, 0.25) is 0 Å². The third-order valence-corrected chi connectivity index (χ3v) is 3.95. The van der Waals surface area contributed by atoms with Crippen LogP contribution < -0.4 is 11.1 Å². The van der Waals surface area contributed by atoms with Gasteiger partial charge >= 0.3 is 0 Å². The fourth-order valence-corrected chi connectivity index (χ4v) is 2.73. The summed E-state index contributed by atoms with van der Waals surface area (Å²) in [5, 5.41) is 2.96. The lowest BCUT2D eigenvalue weighted by atomic mass is 10.1. The van der Waals surface area contributed by atoms with Gasteiger partial charge in [0, 0.05) is 18.3 Å². The Morgan fingerprint density at radius 3 is 2.75 bits per heavy atom. The average Bonchev–Trinajstić information content (AvgIpc) is 2.66. The zero-order chi connectivity index (χ0) is 14.4. The van der Waals surface area contributed by atoms with E-state index in [0.29, 0.717) is 19.1 Å². The lowest BCUT2D eigenvalue weighted by Crippen LogP contribution is -2.44. The van der Waals surface area contributed by atoms with Crippen LogP contribution in [0.5, 0.6) is 0 Å². The predicted molar refractivity (Wildman–Crippen MR) is 82.7 cm³/mol. The fraction of sp³-hybridized carbons (Fsp3) is 0.562. The number of nitrogens with one attached hydrogen (secondary N) is 1. The molecule has 1 heterocycles. The van der Waals surface area contributed by atoms with E-state index in [1.807, 2.05) is 31.2 Å². The van der Waals surface area contributed by atoms with Gasteiger partial charge in [0.15, 0.2) is 0 Å². The molecule has 1 aliphatic heterocycles. The number of carbonyl (C=O) groups is 1. The van der Waals surface area contributed by atoms with Crippen molar-refractivity contribution >= 4 is 11.6 Å². The molecule has 0 saturated carbocycles. The molecule has 1 fully saturated rings. The van der Waals surface area contributed by atoms with Gasteiger partial charge in [-0.3, -0.25) is 9.69 Å². The molecule has 4 heteroatoms. The summed E-state index contributed by atoms with van der Waals surface area (Å²) in [4.78, 5) is 14.4. The summed E-state index contributed by atoms with van der Waals surface area (Å²) in [6.07, 6.45) is 4.73. The summed E-state index contributed by atoms with van der Waals surface area (Å²) in [5.41, 5.74) is 7.89. The Labute approximate surface area is 121 Å². The largest absolute Gasteiger partial charge is 0.329 e. The summed E-state index contributed by atoms with van der Waals surface area (Å²) >= 11 is 0. The number of anilines is 1. The second-order valence-electron chi connectivity index (χ2n) is 5.62. The molecule has 20 heavy (non-hydrogen) atoms. The predicted octanol–water partition coefficient (Wildman–Crippen LogP) is 2.14. The van der Waals surface area contributed by atoms with Crippen LogP contribution in [0.25, 0.3) is 0 Å². The first-order valence-electron chi connectivity index (χ1n) is 7.49. The molecule has 1 aromatic carbocycles. The van der Waals surface area contributed by atoms with Crippen LogP contribution in [0.3, 0.4) is 0 Å². The van der Waals surface area contributed by atoms with Crippen molar-refractivity contribution in [3.8, 4) is 0 Å². The van der Waals surface area contributed by atoms with Crippen LogP contribution in [0.15, 0.2) is 24.3 Å². The molecule has 3 N–H and O–H groups in total. The van der Waals surface area contributed by atoms with E-state index in [0.717, 1.165) is 25.1 Å². The molecular weight excluding hydrogens is 250 g/mol. The lowest BCUT2D eigenvalue weighted by molar-refractivity contribution is -0.117. The molecule has 0 aliphatic carbocycles. The van der Waals surface area contributed by atoms with Crippen molar-refractivity contribution in [3.05, 3.63) is 29.8 Å². The number of hydrogen-bond acceptors (Lipinski definition) is 3. The molecule has 1 aliphatic rings. The van der Waals surface area contributed by atoms with Crippen LogP contribution in [-0.4, -0.2) is 36.5 Å². The van der Waals surface area contributed by atoms with Gasteiger partial charge < -0.3 is 11.1 Å². The van der Waals surface area contributed by atoms with E-state index in [2.05, 4.69) is 10.2 Å². The topological polar surface area (TPSA) is 58.4 Å². The van der Waals surface area contributed by atoms with Gasteiger partial charge in [0.05, 0.1) is 6.54 Å². The van der Waals surface area contributed by atoms with Gasteiger partial charge in [0.2, 0.25) is 5.91 Å². The summed E-state index contributed by atoms with van der Waals surface area (Å²) in [5.74, 6) is 0.0502. The molecule has 0 radical (unpaired) electrons. The van der Waals surface area contributed by atoms with Gasteiger partial charge in [0.25, 0.3) is 0 Å². The molecule has 1 unspecified atom stereocenters. The number of rotatable bonds is 4. The van der Waals surface area contributed by atoms with Crippen LogP contribution in [-0.2, 0) is 4.79 Å². The molecule has 1 saturated heterocycles. The summed E-state index contributed by atoms with van der Waals surface area (Å²) < 4.78 is 0. The normalized spacial score (nSPS) is 20.4. The number of likely N-dealkylation sites (tertiary alicyclic amines) is 1. The van der Waals surface area contributed by atoms with E-state index in [4.69, 9.17) is 5.73 Å².